The van der Waals surface area contributed by atoms with Crippen LogP contribution in [0.2, 0.25) is 0 Å². The van der Waals surface area contributed by atoms with E-state index in [0.717, 1.165) is 48.3 Å². The monoisotopic (exact) mass is 1920 g/mol. The summed E-state index contributed by atoms with van der Waals surface area (Å²) < 4.78 is 0. The average molecular weight is 1920 g/mol. The van der Waals surface area contributed by atoms with Gasteiger partial charge in [0.2, 0.25) is 65.0 Å². The number of carboxylic acids is 1. The molecule has 0 saturated heterocycles. The molecule has 2 heterocycles. The summed E-state index contributed by atoms with van der Waals surface area (Å²) in [6, 6.07) is 5.55. The number of aliphatic carboxylic acids is 1. The molecular formula is C102H154N12O23. The Morgan fingerprint density at radius 1 is 0.394 bits per heavy atom. The van der Waals surface area contributed by atoms with Crippen molar-refractivity contribution in [2.75, 3.05) is 41.4 Å². The first-order chi connectivity index (χ1) is 64.9. The Balaban J connectivity index is 0.000000541. The molecule has 12 atom stereocenters. The summed E-state index contributed by atoms with van der Waals surface area (Å²) in [5.41, 5.74) is 16.8. The van der Waals surface area contributed by atoms with Crippen LogP contribution < -0.4 is 43.8 Å². The van der Waals surface area contributed by atoms with Gasteiger partial charge in [0.1, 0.15) is 65.3 Å². The van der Waals surface area contributed by atoms with Crippen LogP contribution in [-0.4, -0.2) is 239 Å². The van der Waals surface area contributed by atoms with E-state index in [1.807, 2.05) is 0 Å². The van der Waals surface area contributed by atoms with Crippen LogP contribution in [-0.2, 0) is 89.6 Å². The Morgan fingerprint density at radius 3 is 1.00 bits per heavy atom. The van der Waals surface area contributed by atoms with Gasteiger partial charge in [-0.2, -0.15) is 0 Å². The first kappa shape index (κ1) is 118. The second-order valence-electron chi connectivity index (χ2n) is 36.7. The van der Waals surface area contributed by atoms with Gasteiger partial charge in [-0.3, -0.25) is 71.9 Å². The summed E-state index contributed by atoms with van der Waals surface area (Å²) in [5.74, 6) is -13.2. The molecule has 0 spiro atoms. The molecule has 11 amide bonds. The maximum absolute atomic E-state index is 14.2. The lowest BCUT2D eigenvalue weighted by Gasteiger charge is -2.30. The third-order valence-electron chi connectivity index (χ3n) is 25.3. The number of hydrogen-bond acceptors (Lipinski definition) is 23. The Bertz CT molecular complexity index is 4670. The summed E-state index contributed by atoms with van der Waals surface area (Å²) in [6.07, 6.45) is 28.3. The molecule has 0 aliphatic carbocycles. The number of aromatic hydroxyl groups is 4. The van der Waals surface area contributed by atoms with Crippen molar-refractivity contribution in [1.29, 1.82) is 0 Å². The summed E-state index contributed by atoms with van der Waals surface area (Å²) in [6.45, 7) is 11.9. The Morgan fingerprint density at radius 2 is 0.693 bits per heavy atom. The smallest absolute Gasteiger partial charge is 0.326 e. The van der Waals surface area contributed by atoms with Gasteiger partial charge in [-0.05, 0) is 111 Å². The van der Waals surface area contributed by atoms with Gasteiger partial charge >= 0.3 is 5.97 Å². The molecule has 35 nitrogen and oxygen atoms in total. The molecule has 4 aromatic rings. The molecule has 6 rings (SSSR count). The highest BCUT2D eigenvalue weighted by Crippen LogP contribution is 2.42. The van der Waals surface area contributed by atoms with Crippen LogP contribution in [0, 0.1) is 11.8 Å². The number of amides is 11. The number of likely N-dealkylation sites (N-methyl/N-ethyl adjacent to an activating group) is 4. The minimum atomic E-state index is -1.36. The molecule has 8 bridgehead atoms. The van der Waals surface area contributed by atoms with Crippen molar-refractivity contribution in [2.45, 2.75) is 347 Å². The number of benzene rings is 4. The number of carboxylic acid groups (broad SMARTS) is 1. The van der Waals surface area contributed by atoms with Crippen molar-refractivity contribution in [1.82, 2.24) is 46.2 Å². The summed E-state index contributed by atoms with van der Waals surface area (Å²) in [5, 5.41) is 86.3. The number of rotatable bonds is 51. The fourth-order valence-electron chi connectivity index (χ4n) is 16.3. The van der Waals surface area contributed by atoms with Gasteiger partial charge in [-0.1, -0.05) is 206 Å². The van der Waals surface area contributed by atoms with Gasteiger partial charge in [-0.15, -0.1) is 0 Å². The number of unbranched alkanes of at least 4 members (excludes halogenated alkanes) is 24. The molecule has 2 aliphatic heterocycles. The third-order valence-corrected chi connectivity index (χ3v) is 25.3. The lowest BCUT2D eigenvalue weighted by Crippen LogP contribution is -2.53. The molecule has 0 radical (unpaired) electrons. The zero-order valence-electron chi connectivity index (χ0n) is 82.4. The molecule has 0 unspecified atom stereocenters. The predicted octanol–water partition coefficient (Wildman–Crippen LogP) is 10.0. The summed E-state index contributed by atoms with van der Waals surface area (Å²) in [7, 11) is 5.59. The molecule has 0 fully saturated rings. The number of carbonyl (C=O) groups is 16. The molecule has 2 aliphatic rings. The fraction of sp³-hybridized carbons (Fsp3) is 0.608. The van der Waals surface area contributed by atoms with E-state index in [0.29, 0.717) is 24.0 Å². The zero-order chi connectivity index (χ0) is 102. The first-order valence-corrected chi connectivity index (χ1v) is 48.7. The van der Waals surface area contributed by atoms with Crippen LogP contribution in [0.5, 0.6) is 23.0 Å². The van der Waals surface area contributed by atoms with Crippen LogP contribution >= 0.6 is 0 Å². The topological polar surface area (TPSA) is 566 Å². The maximum atomic E-state index is 14.2. The number of ketones is 4. The average Bonchev–Trinajstić information content (AvgIpc) is 0.788. The van der Waals surface area contributed by atoms with Crippen LogP contribution in [0.3, 0.4) is 0 Å². The number of phenolic OH excluding ortho intramolecular Hbond substituents is 4. The normalized spacial score (nSPS) is 17.3. The number of primary amides is 2. The molecule has 35 heteroatoms. The highest BCUT2D eigenvalue weighted by atomic mass is 16.4. The van der Waals surface area contributed by atoms with Crippen LogP contribution in [0.15, 0.2) is 72.8 Å². The van der Waals surface area contributed by atoms with Gasteiger partial charge in [0.15, 0.2) is 23.1 Å². The SMILES string of the molecule is CCCCCCCCCCCCCCCC(=O)N(C)[C@H](CO)C(=O)N[C@H](C)C(=O)CCC(=O)N(C)[C@@H]1C(=O)C[C@@H](C)C(=O)N[C@H](C(=O)N[C@@H](C)C(N)=O)Cc2ccc(O)c(c2)-c2cc1ccc2O.CCCCCCCCCCCCCCCC(=O)N(C)[C@H](CO)C(=O)N[C@H](C)C(=O)CCC(=O)N(C)[C@@H]1C(=O)C[C@@H](C)C(=O)N[C@H](C(=O)O)Cc2ccc(O)c(c2)-c2cc1ccc2O.C[C@H](N)C(N)=O. The van der Waals surface area contributed by atoms with Gasteiger partial charge in [0.25, 0.3) is 0 Å². The molecule has 760 valence electrons. The van der Waals surface area contributed by atoms with Gasteiger partial charge in [0.05, 0.1) is 31.3 Å². The Hall–Kier alpha value is -11.7. The second kappa shape index (κ2) is 61.5. The first-order valence-electron chi connectivity index (χ1n) is 48.7. The number of phenols is 4. The summed E-state index contributed by atoms with van der Waals surface area (Å²) >= 11 is 0. The number of nitrogens with one attached hydrogen (secondary N) is 5. The number of nitrogens with two attached hydrogens (primary N) is 3. The molecule has 137 heavy (non-hydrogen) atoms. The molecule has 0 aromatic heterocycles. The van der Waals surface area contributed by atoms with E-state index in [1.54, 1.807) is 6.92 Å². The summed E-state index contributed by atoms with van der Waals surface area (Å²) in [4.78, 5) is 213. The largest absolute Gasteiger partial charge is 0.507 e. The fourth-order valence-corrected chi connectivity index (χ4v) is 16.3. The highest BCUT2D eigenvalue weighted by Gasteiger charge is 2.39. The number of Topliss-reactive ketones (excluding diaryl/α,β-unsaturated/α-hetero) is 4. The van der Waals surface area contributed by atoms with Crippen LogP contribution in [0.25, 0.3) is 22.3 Å². The van der Waals surface area contributed by atoms with Crippen molar-refractivity contribution in [3.63, 3.8) is 0 Å². The Kier molecular flexibility index (Phi) is 52.8. The second-order valence-corrected chi connectivity index (χ2v) is 36.7. The van der Waals surface area contributed by atoms with E-state index in [1.165, 1.54) is 261 Å². The van der Waals surface area contributed by atoms with Crippen molar-refractivity contribution < 1.29 is 112 Å². The van der Waals surface area contributed by atoms with Crippen molar-refractivity contribution in [3.05, 3.63) is 95.1 Å². The van der Waals surface area contributed by atoms with Gasteiger partial charge in [-0.25, -0.2) is 4.79 Å². The van der Waals surface area contributed by atoms with Crippen molar-refractivity contribution >= 4 is 94.1 Å². The van der Waals surface area contributed by atoms with E-state index < -0.39 is 181 Å². The number of hydrogen-bond donors (Lipinski definition) is 15. The van der Waals surface area contributed by atoms with Crippen molar-refractivity contribution in [2.24, 2.45) is 29.0 Å². The van der Waals surface area contributed by atoms with E-state index >= 15 is 0 Å². The third kappa shape index (κ3) is 39.7. The maximum Gasteiger partial charge on any atom is 0.326 e. The number of aliphatic hydroxyl groups excluding tert-OH is 2. The Labute approximate surface area is 806 Å². The van der Waals surface area contributed by atoms with Crippen LogP contribution in [0.4, 0.5) is 0 Å². The van der Waals surface area contributed by atoms with E-state index in [2.05, 4.69) is 46.2 Å². The molecule has 18 N–H and O–H groups in total. The minimum Gasteiger partial charge on any atom is -0.507 e. The number of carbonyl (C=O) groups excluding carboxylic acids is 15. The minimum absolute atomic E-state index is 0.101. The van der Waals surface area contributed by atoms with E-state index in [-0.39, 0.29) is 120 Å². The standard InChI is InChI=1S/C51H76N6O11.C48H70N4O11.C3H8N2O/c1-7-8-9-10-11-12-13-14-15-16-17-18-19-20-45(63)56(5)40(31-58)51(68)53-33(3)41(59)25-26-46(64)57(6)47-36-22-24-43(61)38(30-36)37-28-35(21-23-42(37)60)29-39(50(67)54-34(4)48(52)65)55-49(66)32(2)27-44(47)62;1-6-7-8-9-10-11-12-13-14-15-16-17-18-19-43(58)51(4)38(30-53)47(61)49-32(3)39(54)24-25-44(59)52(5)45-34-21-23-41(56)36(29-34)35-27-33(20-22-40(35)55)28-37(48(62)63)50-46(60)31(2)26-42(45)57;1-2(4)3(5)6/h21-24,28,30,32-34,39-40,47,58,60-61H,7-20,25-27,29,31H2,1-6H3,(H2,52,65)(H,53,68)(H,54,67)(H,55,66);20-23,27,29,31-32,37-38,45,53,55-56H,6-19,24-26,28,30H2,1-5H3,(H,49,61)(H,50,60)(H,62,63);2H,4H2,1H3,(H2,5,6)/t32-,33-,34+,39+,40-,47+;31-,32-,37+,38-,45+;2-/m110/s1. The van der Waals surface area contributed by atoms with Gasteiger partial charge < -0.3 is 99.1 Å². The quantitative estimate of drug-likeness (QED) is 0.0183. The number of fused-ring (bicyclic) bond motifs is 10. The molecule has 4 aromatic carbocycles. The zero-order valence-corrected chi connectivity index (χ0v) is 82.4. The van der Waals surface area contributed by atoms with Gasteiger partial charge in [0, 0.05) is 126 Å². The van der Waals surface area contributed by atoms with E-state index in [9.17, 15) is 112 Å². The number of aliphatic hydroxyl groups is 2. The molecular weight excluding hydrogens is 1760 g/mol. The lowest BCUT2D eigenvalue weighted by molar-refractivity contribution is -0.143. The molecule has 0 saturated carbocycles. The highest BCUT2D eigenvalue weighted by molar-refractivity contribution is 6.00. The van der Waals surface area contributed by atoms with Crippen molar-refractivity contribution in [3.8, 4) is 45.3 Å². The van der Waals surface area contributed by atoms with E-state index in [4.69, 9.17) is 11.5 Å². The number of nitrogens with zero attached hydrogens (tertiary/aromatic N) is 4. The lowest BCUT2D eigenvalue weighted by atomic mass is 9.89. The predicted molar refractivity (Wildman–Crippen MR) is 519 cm³/mol. The van der Waals surface area contributed by atoms with Crippen LogP contribution in [0.1, 0.15) is 308 Å².